The second-order valence-corrected chi connectivity index (χ2v) is 6.72. The molecule has 0 radical (unpaired) electrons. The molecule has 0 saturated heterocycles. The number of pyridine rings is 1. The van der Waals surface area contributed by atoms with Gasteiger partial charge in [0.15, 0.2) is 0 Å². The maximum atomic E-state index is 12.2. The largest absolute Gasteiger partial charge is 0.445 e. The zero-order valence-electron chi connectivity index (χ0n) is 15.6. The van der Waals surface area contributed by atoms with Crippen molar-refractivity contribution in [3.63, 3.8) is 0 Å². The van der Waals surface area contributed by atoms with Gasteiger partial charge in [0.05, 0.1) is 30.3 Å². The summed E-state index contributed by atoms with van der Waals surface area (Å²) in [5.41, 5.74) is 2.71. The minimum absolute atomic E-state index is 0.174. The highest BCUT2D eigenvalue weighted by atomic mass is 16.5. The van der Waals surface area contributed by atoms with Gasteiger partial charge in [-0.15, -0.1) is 0 Å². The first kappa shape index (κ1) is 18.6. The lowest BCUT2D eigenvalue weighted by atomic mass is 10.0. The monoisotopic (exact) mass is 364 g/mol. The summed E-state index contributed by atoms with van der Waals surface area (Å²) < 4.78 is 7.30. The van der Waals surface area contributed by atoms with Gasteiger partial charge in [-0.05, 0) is 23.6 Å². The van der Waals surface area contributed by atoms with Crippen LogP contribution in [0.1, 0.15) is 36.8 Å². The molecule has 2 heterocycles. The van der Waals surface area contributed by atoms with Gasteiger partial charge in [-0.1, -0.05) is 50.2 Å². The molecule has 0 unspecified atom stereocenters. The first-order valence-electron chi connectivity index (χ1n) is 9.00. The number of aromatic nitrogens is 3. The van der Waals surface area contributed by atoms with Crippen LogP contribution in [0.15, 0.2) is 67.3 Å². The Morgan fingerprint density at radius 3 is 2.59 bits per heavy atom. The number of ether oxygens (including phenoxy) is 1. The number of carbonyl (C=O) groups is 1. The van der Waals surface area contributed by atoms with E-state index in [1.165, 1.54) is 0 Å². The molecule has 3 rings (SSSR count). The summed E-state index contributed by atoms with van der Waals surface area (Å²) in [6, 6.07) is 15.2. The summed E-state index contributed by atoms with van der Waals surface area (Å²) in [7, 11) is 0. The van der Waals surface area contributed by atoms with Crippen LogP contribution >= 0.6 is 0 Å². The van der Waals surface area contributed by atoms with E-state index < -0.39 is 6.09 Å². The molecule has 3 aromatic rings. The predicted molar refractivity (Wildman–Crippen MR) is 103 cm³/mol. The summed E-state index contributed by atoms with van der Waals surface area (Å²) in [5.74, 6) is 0.174. The second-order valence-electron chi connectivity index (χ2n) is 6.72. The minimum Gasteiger partial charge on any atom is -0.445 e. The number of hydrogen-bond acceptors (Lipinski definition) is 4. The van der Waals surface area contributed by atoms with Crippen molar-refractivity contribution in [2.45, 2.75) is 33.0 Å². The minimum atomic E-state index is -0.447. The fraction of sp³-hybridized carbons (Fsp3) is 0.286. The maximum Gasteiger partial charge on any atom is 0.408 e. The molecule has 2 aromatic heterocycles. The molecule has 6 heteroatoms. The lowest BCUT2D eigenvalue weighted by Gasteiger charge is -2.20. The molecule has 6 nitrogen and oxygen atoms in total. The summed E-state index contributed by atoms with van der Waals surface area (Å²) in [5, 5.41) is 2.93. The van der Waals surface area contributed by atoms with Crippen molar-refractivity contribution in [3.05, 3.63) is 84.2 Å². The molecule has 0 spiro atoms. The molecule has 140 valence electrons. The topological polar surface area (TPSA) is 69.0 Å². The molecule has 27 heavy (non-hydrogen) atoms. The van der Waals surface area contributed by atoms with Gasteiger partial charge in [0.25, 0.3) is 0 Å². The number of nitrogens with one attached hydrogen (secondary N) is 1. The highest BCUT2D eigenvalue weighted by Gasteiger charge is 2.21. The lowest BCUT2D eigenvalue weighted by Crippen LogP contribution is -2.32. The number of imidazole rings is 1. The van der Waals surface area contributed by atoms with E-state index in [0.29, 0.717) is 6.54 Å². The van der Waals surface area contributed by atoms with Crippen LogP contribution in [-0.2, 0) is 17.9 Å². The number of nitrogens with zero attached hydrogens (tertiary/aromatic N) is 3. The van der Waals surface area contributed by atoms with Crippen LogP contribution in [0.5, 0.6) is 0 Å². The van der Waals surface area contributed by atoms with Crippen molar-refractivity contribution in [1.29, 1.82) is 0 Å². The maximum absolute atomic E-state index is 12.2. The van der Waals surface area contributed by atoms with Crippen LogP contribution in [0.2, 0.25) is 0 Å². The van der Waals surface area contributed by atoms with Gasteiger partial charge in [0.2, 0.25) is 0 Å². The first-order chi connectivity index (χ1) is 13.1. The van der Waals surface area contributed by atoms with Crippen LogP contribution in [0.3, 0.4) is 0 Å². The summed E-state index contributed by atoms with van der Waals surface area (Å²) >= 11 is 0. The third-order valence-corrected chi connectivity index (χ3v) is 4.20. The van der Waals surface area contributed by atoms with Gasteiger partial charge in [0, 0.05) is 12.4 Å². The molecule has 0 bridgehead atoms. The Balaban J connectivity index is 1.61. The fourth-order valence-corrected chi connectivity index (χ4v) is 2.78. The normalized spacial score (nSPS) is 12.0. The Hall–Kier alpha value is -3.15. The standard InChI is InChI=1S/C21H24N4O2/c1-16(2)20(24-21(26)27-14-17-8-4-3-5-9-17)19-13-25(15-23-19)12-18-10-6-7-11-22-18/h3-11,13,15-16,20H,12,14H2,1-2H3,(H,24,26)/t20-/m0/s1. The average Bonchev–Trinajstić information content (AvgIpc) is 3.14. The fourth-order valence-electron chi connectivity index (χ4n) is 2.78. The number of rotatable bonds is 7. The third kappa shape index (κ3) is 5.41. The van der Waals surface area contributed by atoms with E-state index in [1.54, 1.807) is 12.5 Å². The van der Waals surface area contributed by atoms with Crippen molar-refractivity contribution < 1.29 is 9.53 Å². The SMILES string of the molecule is CC(C)[C@H](NC(=O)OCc1ccccc1)c1cn(Cc2ccccn2)cn1. The molecule has 0 fully saturated rings. The van der Waals surface area contributed by atoms with Crippen LogP contribution in [0, 0.1) is 5.92 Å². The van der Waals surface area contributed by atoms with E-state index in [1.807, 2.05) is 73.1 Å². The van der Waals surface area contributed by atoms with Gasteiger partial charge in [-0.2, -0.15) is 0 Å². The van der Waals surface area contributed by atoms with E-state index in [9.17, 15) is 4.79 Å². The molecular formula is C21H24N4O2. The first-order valence-corrected chi connectivity index (χ1v) is 9.00. The molecule has 1 atom stereocenters. The van der Waals surface area contributed by atoms with E-state index in [0.717, 1.165) is 17.0 Å². The number of benzene rings is 1. The van der Waals surface area contributed by atoms with E-state index in [-0.39, 0.29) is 18.6 Å². The summed E-state index contributed by atoms with van der Waals surface area (Å²) in [6.45, 7) is 4.96. The van der Waals surface area contributed by atoms with Crippen molar-refractivity contribution in [2.75, 3.05) is 0 Å². The van der Waals surface area contributed by atoms with E-state index in [4.69, 9.17) is 4.74 Å². The number of amides is 1. The van der Waals surface area contributed by atoms with E-state index in [2.05, 4.69) is 15.3 Å². The number of alkyl carbamates (subject to hydrolysis) is 1. The summed E-state index contributed by atoms with van der Waals surface area (Å²) in [4.78, 5) is 21.0. The Kier molecular flexibility index (Phi) is 6.20. The van der Waals surface area contributed by atoms with Crippen LogP contribution < -0.4 is 5.32 Å². The van der Waals surface area contributed by atoms with Crippen molar-refractivity contribution in [3.8, 4) is 0 Å². The molecule has 0 saturated carbocycles. The molecule has 0 aliphatic heterocycles. The molecule has 1 amide bonds. The van der Waals surface area contributed by atoms with Gasteiger partial charge in [-0.3, -0.25) is 4.98 Å². The Bertz CT molecular complexity index is 847. The lowest BCUT2D eigenvalue weighted by molar-refractivity contribution is 0.132. The van der Waals surface area contributed by atoms with Gasteiger partial charge in [0.1, 0.15) is 6.61 Å². The van der Waals surface area contributed by atoms with Gasteiger partial charge in [-0.25, -0.2) is 9.78 Å². The van der Waals surface area contributed by atoms with E-state index >= 15 is 0 Å². The molecule has 0 aliphatic rings. The Morgan fingerprint density at radius 2 is 1.89 bits per heavy atom. The molecular weight excluding hydrogens is 340 g/mol. The van der Waals surface area contributed by atoms with Gasteiger partial charge < -0.3 is 14.6 Å². The van der Waals surface area contributed by atoms with Crippen LogP contribution in [0.25, 0.3) is 0 Å². The van der Waals surface area contributed by atoms with Crippen molar-refractivity contribution >= 4 is 6.09 Å². The third-order valence-electron chi connectivity index (χ3n) is 4.20. The van der Waals surface area contributed by atoms with Crippen LogP contribution in [-0.4, -0.2) is 20.6 Å². The average molecular weight is 364 g/mol. The van der Waals surface area contributed by atoms with Gasteiger partial charge >= 0.3 is 6.09 Å². The van der Waals surface area contributed by atoms with Crippen LogP contribution in [0.4, 0.5) is 4.79 Å². The zero-order valence-corrected chi connectivity index (χ0v) is 15.6. The smallest absolute Gasteiger partial charge is 0.408 e. The Morgan fingerprint density at radius 1 is 1.11 bits per heavy atom. The summed E-state index contributed by atoms with van der Waals surface area (Å²) in [6.07, 6.45) is 5.03. The number of hydrogen-bond donors (Lipinski definition) is 1. The predicted octanol–water partition coefficient (Wildman–Crippen LogP) is 3.95. The van der Waals surface area contributed by atoms with Crippen molar-refractivity contribution in [2.24, 2.45) is 5.92 Å². The quantitative estimate of drug-likeness (QED) is 0.689. The Labute approximate surface area is 159 Å². The molecule has 1 aromatic carbocycles. The second kappa shape index (κ2) is 8.98. The highest BCUT2D eigenvalue weighted by Crippen LogP contribution is 2.20. The number of carbonyl (C=O) groups excluding carboxylic acids is 1. The zero-order chi connectivity index (χ0) is 19.1. The van der Waals surface area contributed by atoms with Crippen molar-refractivity contribution in [1.82, 2.24) is 19.9 Å². The highest BCUT2D eigenvalue weighted by molar-refractivity contribution is 5.67. The molecule has 1 N–H and O–H groups in total. The molecule has 0 aliphatic carbocycles.